The Labute approximate surface area is 211 Å². The van der Waals surface area contributed by atoms with E-state index in [4.69, 9.17) is 5.11 Å². The fourth-order valence-corrected chi connectivity index (χ4v) is 9.78. The van der Waals surface area contributed by atoms with Gasteiger partial charge in [-0.1, -0.05) is 26.0 Å². The van der Waals surface area contributed by atoms with E-state index in [1.807, 2.05) is 10.9 Å². The molecule has 0 amide bonds. The second-order valence-corrected chi connectivity index (χ2v) is 13.3. The van der Waals surface area contributed by atoms with Crippen molar-refractivity contribution in [1.82, 2.24) is 15.0 Å². The normalized spacial score (nSPS) is 41.6. The standard InChI is InChI=1S/C29H47N3O3/c1-19(5-4-16-32-18-21(30-31-32)7-11-27(34)35)24-9-10-25-23-8-6-20-17-22(33)12-14-28(20,2)26(23)13-15-29(24,25)3/h18-20,22-26,33H,4-17H2,1-3H3,(H,34,35)/t19-,20-,22-,23?,24?,25+,26?,28+,29-/m1/s1. The third-order valence-corrected chi connectivity index (χ3v) is 11.6. The maximum absolute atomic E-state index is 10.8. The van der Waals surface area contributed by atoms with Crippen molar-refractivity contribution in [3.05, 3.63) is 11.9 Å². The zero-order valence-electron chi connectivity index (χ0n) is 22.2. The van der Waals surface area contributed by atoms with E-state index in [1.165, 1.54) is 51.4 Å². The van der Waals surface area contributed by atoms with Crippen molar-refractivity contribution in [3.8, 4) is 0 Å². The van der Waals surface area contributed by atoms with Crippen molar-refractivity contribution >= 4 is 5.97 Å². The molecule has 0 radical (unpaired) electrons. The van der Waals surface area contributed by atoms with Crippen LogP contribution >= 0.6 is 0 Å². The predicted octanol–water partition coefficient (Wildman–Crippen LogP) is 5.73. The smallest absolute Gasteiger partial charge is 0.303 e. The van der Waals surface area contributed by atoms with Crippen LogP contribution in [0.1, 0.15) is 104 Å². The average molecular weight is 486 g/mol. The molecule has 0 saturated heterocycles. The van der Waals surface area contributed by atoms with Gasteiger partial charge in [0.25, 0.3) is 0 Å². The number of aromatic nitrogens is 3. The van der Waals surface area contributed by atoms with Crippen LogP contribution in [0, 0.1) is 46.3 Å². The molecule has 4 saturated carbocycles. The zero-order valence-corrected chi connectivity index (χ0v) is 22.2. The number of aliphatic hydroxyl groups is 1. The lowest BCUT2D eigenvalue weighted by Gasteiger charge is -2.61. The number of nitrogens with zero attached hydrogens (tertiary/aromatic N) is 3. The lowest BCUT2D eigenvalue weighted by atomic mass is 9.44. The SMILES string of the molecule is C[C@H](CCCn1cc(CCC(=O)O)nn1)C1CC[C@H]2C3CC[C@@H]4C[C@H](O)CC[C@]4(C)C3CC[C@]12C. The maximum atomic E-state index is 10.8. The molecule has 0 aromatic carbocycles. The third-order valence-electron chi connectivity index (χ3n) is 11.6. The summed E-state index contributed by atoms with van der Waals surface area (Å²) in [4.78, 5) is 10.8. The van der Waals surface area contributed by atoms with E-state index in [-0.39, 0.29) is 12.5 Å². The molecule has 0 bridgehead atoms. The van der Waals surface area contributed by atoms with Crippen LogP contribution in [0.3, 0.4) is 0 Å². The van der Waals surface area contributed by atoms with Crippen LogP contribution in [-0.4, -0.2) is 37.3 Å². The van der Waals surface area contributed by atoms with Crippen LogP contribution in [0.25, 0.3) is 0 Å². The lowest BCUT2D eigenvalue weighted by Crippen LogP contribution is -2.54. The Kier molecular flexibility index (Phi) is 7.06. The summed E-state index contributed by atoms with van der Waals surface area (Å²) in [5.41, 5.74) is 1.74. The molecule has 1 aromatic heterocycles. The second-order valence-electron chi connectivity index (χ2n) is 13.3. The van der Waals surface area contributed by atoms with E-state index in [1.54, 1.807) is 0 Å². The summed E-state index contributed by atoms with van der Waals surface area (Å²) >= 11 is 0. The van der Waals surface area contributed by atoms with Crippen molar-refractivity contribution in [3.63, 3.8) is 0 Å². The van der Waals surface area contributed by atoms with Crippen LogP contribution in [0.15, 0.2) is 6.20 Å². The van der Waals surface area contributed by atoms with Crippen LogP contribution in [0.2, 0.25) is 0 Å². The molecule has 6 heteroatoms. The number of hydrogen-bond donors (Lipinski definition) is 2. The molecule has 35 heavy (non-hydrogen) atoms. The largest absolute Gasteiger partial charge is 0.481 e. The number of rotatable bonds is 8. The van der Waals surface area contributed by atoms with Gasteiger partial charge in [-0.3, -0.25) is 9.48 Å². The first-order chi connectivity index (χ1) is 16.7. The Morgan fingerprint density at radius 2 is 1.89 bits per heavy atom. The lowest BCUT2D eigenvalue weighted by molar-refractivity contribution is -0.136. The van der Waals surface area contributed by atoms with Gasteiger partial charge in [0.15, 0.2) is 0 Å². The fourth-order valence-electron chi connectivity index (χ4n) is 9.78. The number of hydrogen-bond acceptors (Lipinski definition) is 4. The Hall–Kier alpha value is -1.43. The molecule has 1 aromatic rings. The Morgan fingerprint density at radius 3 is 2.69 bits per heavy atom. The Balaban J connectivity index is 1.17. The molecule has 3 unspecified atom stereocenters. The average Bonchev–Trinajstić information content (AvgIpc) is 3.42. The summed E-state index contributed by atoms with van der Waals surface area (Å²) in [5, 5.41) is 27.5. The van der Waals surface area contributed by atoms with Gasteiger partial charge in [-0.2, -0.15) is 0 Å². The third kappa shape index (κ3) is 4.69. The van der Waals surface area contributed by atoms with E-state index < -0.39 is 5.97 Å². The van der Waals surface area contributed by atoms with Gasteiger partial charge >= 0.3 is 5.97 Å². The first kappa shape index (κ1) is 25.2. The van der Waals surface area contributed by atoms with Crippen LogP contribution in [0.4, 0.5) is 0 Å². The first-order valence-electron chi connectivity index (χ1n) is 14.5. The minimum Gasteiger partial charge on any atom is -0.481 e. The topological polar surface area (TPSA) is 88.2 Å². The Morgan fingerprint density at radius 1 is 1.11 bits per heavy atom. The van der Waals surface area contributed by atoms with E-state index in [2.05, 4.69) is 31.1 Å². The number of carbonyl (C=O) groups is 1. The predicted molar refractivity (Wildman–Crippen MR) is 136 cm³/mol. The molecule has 4 aliphatic carbocycles. The highest BCUT2D eigenvalue weighted by molar-refractivity contribution is 5.66. The summed E-state index contributed by atoms with van der Waals surface area (Å²) in [5.74, 6) is 4.19. The number of fused-ring (bicyclic) bond motifs is 5. The molecule has 196 valence electrons. The summed E-state index contributed by atoms with van der Waals surface area (Å²) < 4.78 is 1.90. The molecule has 2 N–H and O–H groups in total. The number of carboxylic acid groups (broad SMARTS) is 1. The highest BCUT2D eigenvalue weighted by Gasteiger charge is 2.60. The molecular formula is C29H47N3O3. The van der Waals surface area contributed by atoms with Gasteiger partial charge in [0.2, 0.25) is 0 Å². The molecule has 1 heterocycles. The van der Waals surface area contributed by atoms with Crippen LogP contribution < -0.4 is 0 Å². The molecule has 5 rings (SSSR count). The highest BCUT2D eigenvalue weighted by Crippen LogP contribution is 2.68. The number of carboxylic acids is 1. The minimum absolute atomic E-state index is 0.0518. The van der Waals surface area contributed by atoms with Gasteiger partial charge in [0.1, 0.15) is 0 Å². The summed E-state index contributed by atoms with van der Waals surface area (Å²) in [7, 11) is 0. The maximum Gasteiger partial charge on any atom is 0.303 e. The quantitative estimate of drug-likeness (QED) is 0.491. The monoisotopic (exact) mass is 485 g/mol. The molecule has 4 fully saturated rings. The second kappa shape index (κ2) is 9.79. The van der Waals surface area contributed by atoms with E-state index in [0.29, 0.717) is 17.3 Å². The minimum atomic E-state index is -0.787. The molecule has 6 nitrogen and oxygen atoms in total. The summed E-state index contributed by atoms with van der Waals surface area (Å²) in [6.07, 6.45) is 16.4. The number of aliphatic hydroxyl groups excluding tert-OH is 1. The molecule has 0 spiro atoms. The van der Waals surface area contributed by atoms with Crippen molar-refractivity contribution < 1.29 is 15.0 Å². The molecular weight excluding hydrogens is 438 g/mol. The van der Waals surface area contributed by atoms with Gasteiger partial charge in [0, 0.05) is 19.2 Å². The summed E-state index contributed by atoms with van der Waals surface area (Å²) in [6, 6.07) is 0. The van der Waals surface area contributed by atoms with Crippen LogP contribution in [0.5, 0.6) is 0 Å². The van der Waals surface area contributed by atoms with Crippen molar-refractivity contribution in [2.75, 3.05) is 0 Å². The van der Waals surface area contributed by atoms with E-state index in [0.717, 1.165) is 67.0 Å². The van der Waals surface area contributed by atoms with Gasteiger partial charge in [0.05, 0.1) is 18.2 Å². The highest BCUT2D eigenvalue weighted by atomic mass is 16.4. The van der Waals surface area contributed by atoms with E-state index in [9.17, 15) is 9.90 Å². The van der Waals surface area contributed by atoms with E-state index >= 15 is 0 Å². The van der Waals surface area contributed by atoms with Gasteiger partial charge in [-0.05, 0) is 117 Å². The number of aryl methyl sites for hydroxylation is 2. The Bertz CT molecular complexity index is 901. The summed E-state index contributed by atoms with van der Waals surface area (Å²) in [6.45, 7) is 8.60. The molecule has 0 aliphatic heterocycles. The first-order valence-corrected chi connectivity index (χ1v) is 14.5. The van der Waals surface area contributed by atoms with Crippen molar-refractivity contribution in [2.45, 2.75) is 117 Å². The van der Waals surface area contributed by atoms with Crippen LogP contribution in [-0.2, 0) is 17.8 Å². The number of aliphatic carboxylic acids is 1. The van der Waals surface area contributed by atoms with Gasteiger partial charge < -0.3 is 10.2 Å². The molecule has 4 aliphatic rings. The molecule has 9 atom stereocenters. The van der Waals surface area contributed by atoms with Gasteiger partial charge in [-0.25, -0.2) is 0 Å². The fraction of sp³-hybridized carbons (Fsp3) is 0.897. The van der Waals surface area contributed by atoms with Crippen molar-refractivity contribution in [1.29, 1.82) is 0 Å². The zero-order chi connectivity index (χ0) is 24.8. The van der Waals surface area contributed by atoms with Crippen molar-refractivity contribution in [2.24, 2.45) is 46.3 Å². The van der Waals surface area contributed by atoms with Gasteiger partial charge in [-0.15, -0.1) is 5.10 Å².